The highest BCUT2D eigenvalue weighted by Crippen LogP contribution is 2.56. The smallest absolute Gasteiger partial charge is 0.274 e. The number of nitrogens with zero attached hydrogens (tertiary/aromatic N) is 4. The highest BCUT2D eigenvalue weighted by atomic mass is 35.5. The van der Waals surface area contributed by atoms with Crippen LogP contribution in [0.3, 0.4) is 0 Å². The number of carbonyl (C=O) groups excluding carboxylic acids is 1. The number of benzene rings is 2. The summed E-state index contributed by atoms with van der Waals surface area (Å²) >= 11 is 6.73. The lowest BCUT2D eigenvalue weighted by molar-refractivity contribution is 0.0257. The maximum Gasteiger partial charge on any atom is 0.274 e. The fourth-order valence-corrected chi connectivity index (χ4v) is 7.35. The van der Waals surface area contributed by atoms with Gasteiger partial charge in [0.1, 0.15) is 16.7 Å². The fourth-order valence-electron chi connectivity index (χ4n) is 7.08. The van der Waals surface area contributed by atoms with Crippen molar-refractivity contribution in [1.82, 2.24) is 24.6 Å². The van der Waals surface area contributed by atoms with Gasteiger partial charge in [-0.3, -0.25) is 24.2 Å². The molecule has 1 amide bonds. The number of hydrogen-bond donors (Lipinski definition) is 1. The highest BCUT2D eigenvalue weighted by Gasteiger charge is 2.43. The zero-order valence-electron chi connectivity index (χ0n) is 24.5. The lowest BCUT2D eigenvalue weighted by Crippen LogP contribution is -2.41. The zero-order chi connectivity index (χ0) is 31.1. The largest absolute Gasteiger partial charge is 0.374 e. The molecule has 4 atom stereocenters. The van der Waals surface area contributed by atoms with E-state index >= 15 is 4.39 Å². The average Bonchev–Trinajstić information content (AvgIpc) is 3.32. The summed E-state index contributed by atoms with van der Waals surface area (Å²) in [5, 5.41) is 7.46. The van der Waals surface area contributed by atoms with Gasteiger partial charge < -0.3 is 9.64 Å². The molecule has 1 saturated carbocycles. The molecule has 11 heteroatoms. The van der Waals surface area contributed by atoms with Crippen molar-refractivity contribution >= 4 is 28.4 Å². The maximum atomic E-state index is 16.4. The van der Waals surface area contributed by atoms with Crippen molar-refractivity contribution in [2.45, 2.75) is 50.7 Å². The molecule has 8 rings (SSSR count). The Morgan fingerprint density at radius 1 is 1.07 bits per heavy atom. The fraction of sp³-hybridized carbons (Fsp3) is 0.294. The van der Waals surface area contributed by atoms with E-state index in [0.29, 0.717) is 41.0 Å². The summed E-state index contributed by atoms with van der Waals surface area (Å²) in [5.74, 6) is -1.18. The Balaban J connectivity index is 1.19. The Labute approximate surface area is 261 Å². The topological polar surface area (TPSA) is 93.1 Å². The number of likely N-dealkylation sites (tertiary alicyclic amines) is 1. The summed E-state index contributed by atoms with van der Waals surface area (Å²) in [6.07, 6.45) is 4.57. The summed E-state index contributed by atoms with van der Waals surface area (Å²) in [7, 11) is 0. The molecule has 3 aliphatic rings. The molecule has 45 heavy (non-hydrogen) atoms. The molecule has 3 aromatic heterocycles. The van der Waals surface area contributed by atoms with E-state index in [1.807, 2.05) is 19.9 Å². The summed E-state index contributed by atoms with van der Waals surface area (Å²) < 4.78 is 37.0. The number of halogens is 3. The van der Waals surface area contributed by atoms with Crippen molar-refractivity contribution in [3.63, 3.8) is 0 Å². The molecule has 5 aromatic rings. The van der Waals surface area contributed by atoms with Gasteiger partial charge >= 0.3 is 0 Å². The van der Waals surface area contributed by atoms with Crippen molar-refractivity contribution in [1.29, 1.82) is 0 Å². The molecule has 228 valence electrons. The predicted octanol–water partition coefficient (Wildman–Crippen LogP) is 6.21. The van der Waals surface area contributed by atoms with E-state index in [1.165, 1.54) is 22.9 Å². The summed E-state index contributed by atoms with van der Waals surface area (Å²) in [6.45, 7) is 4.51. The van der Waals surface area contributed by atoms with Crippen LogP contribution in [0, 0.1) is 25.5 Å². The molecule has 1 aliphatic carbocycles. The number of hydrogen-bond acceptors (Lipinski definition) is 5. The van der Waals surface area contributed by atoms with Crippen molar-refractivity contribution in [2.75, 3.05) is 13.2 Å². The van der Waals surface area contributed by atoms with E-state index in [2.05, 4.69) is 15.2 Å². The third kappa shape index (κ3) is 4.49. The molecular weight excluding hydrogens is 600 g/mol. The second-order valence-electron chi connectivity index (χ2n) is 12.3. The van der Waals surface area contributed by atoms with Gasteiger partial charge in [-0.15, -0.1) is 0 Å². The predicted molar refractivity (Wildman–Crippen MR) is 165 cm³/mol. The van der Waals surface area contributed by atoms with Crippen molar-refractivity contribution in [2.24, 2.45) is 0 Å². The van der Waals surface area contributed by atoms with Gasteiger partial charge in [-0.2, -0.15) is 5.10 Å². The van der Waals surface area contributed by atoms with Crippen LogP contribution in [0.25, 0.3) is 27.8 Å². The molecule has 2 aliphatic heterocycles. The molecule has 2 saturated heterocycles. The van der Waals surface area contributed by atoms with Gasteiger partial charge in [0.15, 0.2) is 0 Å². The van der Waals surface area contributed by atoms with Gasteiger partial charge in [0.05, 0.1) is 47.4 Å². The van der Waals surface area contributed by atoms with E-state index in [9.17, 15) is 14.0 Å². The first-order chi connectivity index (χ1) is 21.7. The van der Waals surface area contributed by atoms with Crippen molar-refractivity contribution < 1.29 is 18.3 Å². The number of amides is 1. The lowest BCUT2D eigenvalue weighted by atomic mass is 10.00. The summed E-state index contributed by atoms with van der Waals surface area (Å²) in [4.78, 5) is 33.7. The normalized spacial score (nSPS) is 22.0. The molecule has 2 aromatic carbocycles. The highest BCUT2D eigenvalue weighted by molar-refractivity contribution is 6.31. The van der Waals surface area contributed by atoms with Crippen LogP contribution >= 0.6 is 11.6 Å². The van der Waals surface area contributed by atoms with Crippen molar-refractivity contribution in [3.8, 4) is 16.9 Å². The number of nitrogens with one attached hydrogen (secondary N) is 1. The monoisotopic (exact) mass is 627 g/mol. The Bertz CT molecular complexity index is 2090. The molecular formula is C34H28ClF2N5O3. The van der Waals surface area contributed by atoms with Crippen LogP contribution in [0.5, 0.6) is 0 Å². The summed E-state index contributed by atoms with van der Waals surface area (Å²) in [6, 6.07) is 11.5. The van der Waals surface area contributed by atoms with Gasteiger partial charge in [0.25, 0.3) is 11.5 Å². The zero-order valence-corrected chi connectivity index (χ0v) is 25.2. The first kappa shape index (κ1) is 28.1. The van der Waals surface area contributed by atoms with E-state index in [1.54, 1.807) is 35.4 Å². The maximum absolute atomic E-state index is 16.4. The number of carbonyl (C=O) groups is 1. The molecule has 1 unspecified atom stereocenters. The number of H-pyrrole nitrogens is 1. The molecule has 8 nitrogen and oxygen atoms in total. The second-order valence-corrected chi connectivity index (χ2v) is 12.7. The van der Waals surface area contributed by atoms with Crippen LogP contribution in [-0.2, 0) is 4.74 Å². The number of morpholine rings is 1. The molecule has 0 radical (unpaired) electrons. The third-order valence-corrected chi connectivity index (χ3v) is 9.88. The molecule has 0 spiro atoms. The standard InChI is InChI=1S/C34H28ClF2N5O3/c1-16-12-38-27(25-10-28-26(13-39-40-28)30(32(25)37)33(43)41-14-21-8-20(41)15-45-21)11-29(16)42-17(2)7-24(31(35)34(42)44)23-9-22(23)18-3-5-19(36)6-4-18/h3-7,10-13,20-23H,8-9,14-15H2,1-2H3,(H,39,40)/t20-,21-,22?,23+/m0/s1. The number of ether oxygens (including phenoxy) is 1. The van der Waals surface area contributed by atoms with Crippen LogP contribution in [0.1, 0.15) is 57.4 Å². The van der Waals surface area contributed by atoms with Crippen LogP contribution in [0.2, 0.25) is 5.02 Å². The van der Waals surface area contributed by atoms with Gasteiger partial charge in [0.2, 0.25) is 0 Å². The van der Waals surface area contributed by atoms with Gasteiger partial charge in [0, 0.05) is 29.4 Å². The number of pyridine rings is 2. The van der Waals surface area contributed by atoms with Gasteiger partial charge in [-0.1, -0.05) is 23.7 Å². The lowest BCUT2D eigenvalue weighted by Gasteiger charge is -2.27. The third-order valence-electron chi connectivity index (χ3n) is 9.50. The number of fused-ring (bicyclic) bond motifs is 3. The quantitative estimate of drug-likeness (QED) is 0.250. The number of aryl methyl sites for hydroxylation is 2. The van der Waals surface area contributed by atoms with Crippen LogP contribution < -0.4 is 5.56 Å². The van der Waals surface area contributed by atoms with Crippen LogP contribution in [-0.4, -0.2) is 55.9 Å². The Morgan fingerprint density at radius 3 is 2.60 bits per heavy atom. The SMILES string of the molecule is Cc1cnc(-c2cc3[nH]ncc3c(C(=O)N3C[C@@H]4C[C@H]3CO4)c2F)cc1-n1c(C)cc([C@@H]2CC2c2ccc(F)cc2)c(Cl)c1=O. The van der Waals surface area contributed by atoms with E-state index in [0.717, 1.165) is 24.0 Å². The van der Waals surface area contributed by atoms with Crippen LogP contribution in [0.15, 0.2) is 59.7 Å². The van der Waals surface area contributed by atoms with E-state index < -0.39 is 11.7 Å². The molecule has 3 fully saturated rings. The Hall–Kier alpha value is -4.41. The van der Waals surface area contributed by atoms with E-state index in [-0.39, 0.29) is 57.2 Å². The average molecular weight is 628 g/mol. The first-order valence-electron chi connectivity index (χ1n) is 14.9. The Kier molecular flexibility index (Phi) is 6.44. The van der Waals surface area contributed by atoms with E-state index in [4.69, 9.17) is 16.3 Å². The molecule has 5 heterocycles. The minimum Gasteiger partial charge on any atom is -0.374 e. The number of rotatable bonds is 5. The molecule has 2 bridgehead atoms. The minimum absolute atomic E-state index is 0.0279. The minimum atomic E-state index is -0.696. The Morgan fingerprint density at radius 2 is 1.87 bits per heavy atom. The number of aromatic amines is 1. The number of aromatic nitrogens is 4. The van der Waals surface area contributed by atoms with Gasteiger partial charge in [-0.05, 0) is 85.5 Å². The first-order valence-corrected chi connectivity index (χ1v) is 15.3. The second kappa shape index (κ2) is 10.3. The van der Waals surface area contributed by atoms with Crippen molar-refractivity contribution in [3.05, 3.63) is 110 Å². The van der Waals surface area contributed by atoms with Gasteiger partial charge in [-0.25, -0.2) is 8.78 Å². The molecule has 1 N–H and O–H groups in total. The van der Waals surface area contributed by atoms with Crippen LogP contribution in [0.4, 0.5) is 8.78 Å². The summed E-state index contributed by atoms with van der Waals surface area (Å²) in [5.41, 5.74) is 4.06.